The maximum atomic E-state index is 13.5. The number of Topliss-reactive ketones (excluding diaryl/α,β-unsaturated/α-hetero) is 2. The van der Waals surface area contributed by atoms with Gasteiger partial charge in [-0.15, -0.1) is 0 Å². The van der Waals surface area contributed by atoms with Gasteiger partial charge in [-0.05, 0) is 60.7 Å². The molecule has 3 nitrogen and oxygen atoms in total. The summed E-state index contributed by atoms with van der Waals surface area (Å²) in [6, 6.07) is 37.0. The second kappa shape index (κ2) is 11.2. The second-order valence-corrected chi connectivity index (χ2v) is 10.9. The monoisotopic (exact) mass is 518 g/mol. The third-order valence-corrected chi connectivity index (χ3v) is 9.88. The van der Waals surface area contributed by atoms with Crippen molar-refractivity contribution in [3.63, 3.8) is 0 Å². The molecule has 4 aromatic rings. The van der Waals surface area contributed by atoms with Crippen LogP contribution in [0.3, 0.4) is 0 Å². The number of benzene rings is 4. The molecular formula is C28H24BrO3P. The molecule has 0 radical (unpaired) electrons. The van der Waals surface area contributed by atoms with Gasteiger partial charge >= 0.3 is 0 Å². The summed E-state index contributed by atoms with van der Waals surface area (Å²) in [6.07, 6.45) is 0.135. The molecule has 0 saturated heterocycles. The average Bonchev–Trinajstić information content (AvgIpc) is 2.88. The highest BCUT2D eigenvalue weighted by Crippen LogP contribution is 2.55. The van der Waals surface area contributed by atoms with Crippen LogP contribution in [0.4, 0.5) is 0 Å². The largest absolute Gasteiger partial charge is 1.00 e. The highest BCUT2D eigenvalue weighted by molar-refractivity contribution is 7.96. The summed E-state index contributed by atoms with van der Waals surface area (Å²) in [4.78, 5) is 26.6. The highest BCUT2D eigenvalue weighted by atomic mass is 79.9. The number of methoxy groups -OCH3 is 1. The van der Waals surface area contributed by atoms with Crippen LogP contribution in [0.5, 0.6) is 5.75 Å². The fourth-order valence-corrected chi connectivity index (χ4v) is 8.02. The Labute approximate surface area is 205 Å². The number of carbonyl (C=O) groups excluding carboxylic acids is 2. The maximum Gasteiger partial charge on any atom is 0.241 e. The van der Waals surface area contributed by atoms with Gasteiger partial charge in [-0.1, -0.05) is 54.6 Å². The van der Waals surface area contributed by atoms with E-state index in [0.717, 1.165) is 15.9 Å². The first-order chi connectivity index (χ1) is 15.6. The number of halogens is 1. The molecule has 0 heterocycles. The van der Waals surface area contributed by atoms with Gasteiger partial charge in [0.25, 0.3) is 0 Å². The highest BCUT2D eigenvalue weighted by Gasteiger charge is 2.48. The molecule has 0 atom stereocenters. The molecule has 5 heteroatoms. The van der Waals surface area contributed by atoms with Gasteiger partial charge in [0, 0.05) is 5.56 Å². The van der Waals surface area contributed by atoms with Crippen molar-refractivity contribution in [2.24, 2.45) is 0 Å². The number of hydrogen-bond donors (Lipinski definition) is 0. The van der Waals surface area contributed by atoms with Crippen molar-refractivity contribution in [2.75, 3.05) is 13.3 Å². The molecule has 0 N–H and O–H groups in total. The Bertz CT molecular complexity index is 1100. The van der Waals surface area contributed by atoms with E-state index in [9.17, 15) is 9.59 Å². The van der Waals surface area contributed by atoms with E-state index in [-0.39, 0.29) is 28.9 Å². The first-order valence-corrected chi connectivity index (χ1v) is 12.4. The summed E-state index contributed by atoms with van der Waals surface area (Å²) >= 11 is 0. The Morgan fingerprint density at radius 2 is 1.03 bits per heavy atom. The lowest BCUT2D eigenvalue weighted by Gasteiger charge is -2.26. The van der Waals surface area contributed by atoms with Crippen molar-refractivity contribution in [3.8, 4) is 5.75 Å². The maximum absolute atomic E-state index is 13.5. The van der Waals surface area contributed by atoms with Crippen molar-refractivity contribution >= 4 is 34.7 Å². The number of ether oxygens (including phenoxy) is 1. The second-order valence-electron chi connectivity index (χ2n) is 7.46. The molecular weight excluding hydrogens is 495 g/mol. The fraction of sp³-hybridized carbons (Fsp3) is 0.0714. The van der Waals surface area contributed by atoms with E-state index in [0.29, 0.717) is 11.3 Å². The molecule has 4 rings (SSSR count). The van der Waals surface area contributed by atoms with Crippen LogP contribution >= 0.6 is 7.26 Å². The van der Waals surface area contributed by atoms with Crippen LogP contribution in [-0.4, -0.2) is 24.8 Å². The average molecular weight is 519 g/mol. The SMILES string of the molecule is COc1ccc(C(=O)C(=O)C[P+](c2ccccc2)(c2ccccc2)c2ccccc2)cc1.[Br-]. The number of rotatable bonds is 8. The third-order valence-electron chi connectivity index (χ3n) is 5.58. The van der Waals surface area contributed by atoms with Crippen LogP contribution in [0.15, 0.2) is 115 Å². The van der Waals surface area contributed by atoms with Crippen LogP contribution < -0.4 is 37.6 Å². The Balaban J connectivity index is 0.00000306. The predicted molar refractivity (Wildman–Crippen MR) is 132 cm³/mol. The summed E-state index contributed by atoms with van der Waals surface area (Å²) in [6.45, 7) is 0. The van der Waals surface area contributed by atoms with E-state index in [1.165, 1.54) is 0 Å². The number of carbonyl (C=O) groups is 2. The zero-order valence-electron chi connectivity index (χ0n) is 18.2. The van der Waals surface area contributed by atoms with Gasteiger partial charge in [0.15, 0.2) is 0 Å². The summed E-state index contributed by atoms with van der Waals surface area (Å²) in [7, 11) is -0.824. The normalized spacial score (nSPS) is 10.7. The van der Waals surface area contributed by atoms with Gasteiger partial charge in [0.05, 0.1) is 7.11 Å². The zero-order valence-corrected chi connectivity index (χ0v) is 20.7. The summed E-state index contributed by atoms with van der Waals surface area (Å²) < 4.78 is 5.17. The summed E-state index contributed by atoms with van der Waals surface area (Å²) in [5.74, 6) is -0.214. The van der Waals surface area contributed by atoms with Crippen molar-refractivity contribution in [3.05, 3.63) is 121 Å². The minimum atomic E-state index is -2.39. The summed E-state index contributed by atoms with van der Waals surface area (Å²) in [5.41, 5.74) is 0.378. The van der Waals surface area contributed by atoms with E-state index in [2.05, 4.69) is 36.4 Å². The third kappa shape index (κ3) is 5.13. The van der Waals surface area contributed by atoms with E-state index in [1.807, 2.05) is 54.6 Å². The van der Waals surface area contributed by atoms with Crippen LogP contribution in [0, 0.1) is 0 Å². The molecule has 4 aromatic carbocycles. The topological polar surface area (TPSA) is 43.4 Å². The van der Waals surface area contributed by atoms with Crippen molar-refractivity contribution in [1.29, 1.82) is 0 Å². The Kier molecular flexibility index (Phi) is 8.32. The minimum absolute atomic E-state index is 0. The van der Waals surface area contributed by atoms with E-state index in [1.54, 1.807) is 31.4 Å². The van der Waals surface area contributed by atoms with Crippen LogP contribution in [-0.2, 0) is 4.79 Å². The lowest BCUT2D eigenvalue weighted by Crippen LogP contribution is -3.00. The number of hydrogen-bond acceptors (Lipinski definition) is 3. The molecule has 0 aliphatic heterocycles. The van der Waals surface area contributed by atoms with E-state index < -0.39 is 13.0 Å². The quantitative estimate of drug-likeness (QED) is 0.201. The molecule has 0 saturated carbocycles. The molecule has 0 spiro atoms. The van der Waals surface area contributed by atoms with Crippen molar-refractivity contribution in [2.45, 2.75) is 0 Å². The van der Waals surface area contributed by atoms with Crippen LogP contribution in [0.25, 0.3) is 0 Å². The zero-order chi connectivity index (χ0) is 22.4. The fourth-order valence-electron chi connectivity index (χ4n) is 3.96. The first kappa shape index (κ1) is 24.6. The molecule has 0 amide bonds. The lowest BCUT2D eigenvalue weighted by molar-refractivity contribution is -0.112. The Morgan fingerprint density at radius 1 is 0.636 bits per heavy atom. The van der Waals surface area contributed by atoms with Crippen LogP contribution in [0.2, 0.25) is 0 Å². The molecule has 0 unspecified atom stereocenters. The van der Waals surface area contributed by atoms with Gasteiger partial charge in [-0.25, -0.2) is 0 Å². The molecule has 0 bridgehead atoms. The smallest absolute Gasteiger partial charge is 0.241 e. The Hall–Kier alpha value is -3.07. The molecule has 0 fully saturated rings. The molecule has 0 aliphatic rings. The van der Waals surface area contributed by atoms with Gasteiger partial charge < -0.3 is 21.7 Å². The van der Waals surface area contributed by atoms with Crippen LogP contribution in [0.1, 0.15) is 10.4 Å². The molecule has 0 aliphatic carbocycles. The Morgan fingerprint density at radius 3 is 1.39 bits per heavy atom. The standard InChI is InChI=1S/C28H24O3P.BrH/c1-31-23-19-17-22(18-20-23)28(30)27(29)21-32(24-11-5-2-6-12-24,25-13-7-3-8-14-25)26-15-9-4-10-16-26;/h2-20H,21H2,1H3;1H/q+1;/p-1. The van der Waals surface area contributed by atoms with Gasteiger partial charge in [-0.2, -0.15) is 0 Å². The van der Waals surface area contributed by atoms with Gasteiger partial charge in [0.1, 0.15) is 35.1 Å². The molecule has 0 aromatic heterocycles. The molecule has 33 heavy (non-hydrogen) atoms. The molecule has 166 valence electrons. The lowest BCUT2D eigenvalue weighted by atomic mass is 10.1. The van der Waals surface area contributed by atoms with Gasteiger partial charge in [0.2, 0.25) is 11.6 Å². The predicted octanol–water partition coefficient (Wildman–Crippen LogP) is 1.45. The van der Waals surface area contributed by atoms with Crippen molar-refractivity contribution in [1.82, 2.24) is 0 Å². The number of ketones is 2. The van der Waals surface area contributed by atoms with Gasteiger partial charge in [-0.3, -0.25) is 9.59 Å². The van der Waals surface area contributed by atoms with E-state index >= 15 is 0 Å². The summed E-state index contributed by atoms with van der Waals surface area (Å²) in [5, 5.41) is 3.23. The first-order valence-electron chi connectivity index (χ1n) is 10.4. The minimum Gasteiger partial charge on any atom is -1.00 e. The van der Waals surface area contributed by atoms with E-state index in [4.69, 9.17) is 4.74 Å². The van der Waals surface area contributed by atoms with Crippen molar-refractivity contribution < 1.29 is 31.3 Å².